The second kappa shape index (κ2) is 6.96. The van der Waals surface area contributed by atoms with E-state index in [1.165, 1.54) is 18.2 Å². The number of carbonyl (C=O) groups excluding carboxylic acids is 1. The number of nitro groups is 1. The van der Waals surface area contributed by atoms with Gasteiger partial charge in [-0.15, -0.1) is 0 Å². The van der Waals surface area contributed by atoms with E-state index >= 15 is 0 Å². The zero-order valence-electron chi connectivity index (χ0n) is 12.5. The Bertz CT molecular complexity index is 952. The Balaban J connectivity index is 1.82. The number of anilines is 1. The van der Waals surface area contributed by atoms with Crippen molar-refractivity contribution in [2.75, 3.05) is 5.32 Å². The molecule has 0 spiro atoms. The topological polar surface area (TPSA) is 85.4 Å². The maximum Gasteiger partial charge on any atom is 0.291 e. The van der Waals surface area contributed by atoms with Crippen LogP contribution in [0.2, 0.25) is 10.0 Å². The Hall–Kier alpha value is -2.83. The lowest BCUT2D eigenvalue weighted by molar-refractivity contribution is -0.384. The fourth-order valence-corrected chi connectivity index (χ4v) is 2.46. The van der Waals surface area contributed by atoms with E-state index in [1.807, 2.05) is 0 Å². The second-order valence-electron chi connectivity index (χ2n) is 5.05. The quantitative estimate of drug-likeness (QED) is 0.486. The Morgan fingerprint density at radius 1 is 1.04 bits per heavy atom. The highest BCUT2D eigenvalue weighted by molar-refractivity contribution is 6.32. The minimum atomic E-state index is -0.580. The van der Waals surface area contributed by atoms with Crippen molar-refractivity contribution >= 4 is 40.5 Å². The number of furan rings is 1. The molecule has 6 nitrogen and oxygen atoms in total. The molecule has 0 aliphatic carbocycles. The van der Waals surface area contributed by atoms with Crippen molar-refractivity contribution in [1.82, 2.24) is 0 Å². The predicted octanol–water partition coefficient (Wildman–Crippen LogP) is 5.41. The summed E-state index contributed by atoms with van der Waals surface area (Å²) in [4.78, 5) is 22.6. The van der Waals surface area contributed by atoms with Gasteiger partial charge in [-0.1, -0.05) is 23.2 Å². The first kappa shape index (κ1) is 17.0. The summed E-state index contributed by atoms with van der Waals surface area (Å²) in [6, 6.07) is 13.9. The van der Waals surface area contributed by atoms with Gasteiger partial charge in [-0.2, -0.15) is 0 Å². The lowest BCUT2D eigenvalue weighted by Gasteiger charge is -2.03. The number of nitrogens with zero attached hydrogens (tertiary/aromatic N) is 1. The molecule has 0 aliphatic rings. The summed E-state index contributed by atoms with van der Waals surface area (Å²) < 4.78 is 5.50. The summed E-state index contributed by atoms with van der Waals surface area (Å²) in [7, 11) is 0. The van der Waals surface area contributed by atoms with Gasteiger partial charge in [-0.3, -0.25) is 14.9 Å². The molecular formula is C17H10Cl2N2O4. The van der Waals surface area contributed by atoms with Crippen molar-refractivity contribution < 1.29 is 14.1 Å². The van der Waals surface area contributed by atoms with E-state index in [9.17, 15) is 14.9 Å². The summed E-state index contributed by atoms with van der Waals surface area (Å²) >= 11 is 11.6. The molecule has 1 amide bonds. The Morgan fingerprint density at radius 3 is 2.44 bits per heavy atom. The molecule has 1 N–H and O–H groups in total. The van der Waals surface area contributed by atoms with Crippen LogP contribution in [-0.4, -0.2) is 10.8 Å². The van der Waals surface area contributed by atoms with Gasteiger partial charge in [-0.05, 0) is 48.5 Å². The van der Waals surface area contributed by atoms with Gasteiger partial charge < -0.3 is 9.73 Å². The van der Waals surface area contributed by atoms with Gasteiger partial charge in [-0.25, -0.2) is 0 Å². The van der Waals surface area contributed by atoms with Crippen LogP contribution in [0, 0.1) is 10.1 Å². The SMILES string of the molecule is O=C(Nc1ccc(Cl)cc1)c1ccc(-c2ccc(Cl)c([N+](=O)[O-])c2)o1. The summed E-state index contributed by atoms with van der Waals surface area (Å²) in [6.45, 7) is 0. The number of nitro benzene ring substituents is 1. The number of hydrogen-bond acceptors (Lipinski definition) is 4. The maximum atomic E-state index is 12.2. The molecule has 0 radical (unpaired) electrons. The van der Waals surface area contributed by atoms with Gasteiger partial charge in [0.05, 0.1) is 4.92 Å². The summed E-state index contributed by atoms with van der Waals surface area (Å²) in [5.74, 6) is -0.0550. The number of nitrogens with one attached hydrogen (secondary N) is 1. The lowest BCUT2D eigenvalue weighted by Crippen LogP contribution is -2.10. The van der Waals surface area contributed by atoms with Crippen molar-refractivity contribution in [3.63, 3.8) is 0 Å². The molecule has 0 aliphatic heterocycles. The zero-order valence-corrected chi connectivity index (χ0v) is 14.0. The van der Waals surface area contributed by atoms with Crippen LogP contribution >= 0.6 is 23.2 Å². The van der Waals surface area contributed by atoms with Gasteiger partial charge >= 0.3 is 0 Å². The number of halogens is 2. The van der Waals surface area contributed by atoms with Crippen molar-refractivity contribution in [3.05, 3.63) is 80.5 Å². The molecule has 25 heavy (non-hydrogen) atoms. The van der Waals surface area contributed by atoms with Crippen LogP contribution in [-0.2, 0) is 0 Å². The number of amides is 1. The van der Waals surface area contributed by atoms with Crippen LogP contribution in [0.1, 0.15) is 10.6 Å². The number of benzene rings is 2. The average molecular weight is 377 g/mol. The Morgan fingerprint density at radius 2 is 1.76 bits per heavy atom. The van der Waals surface area contributed by atoms with Crippen LogP contribution < -0.4 is 5.32 Å². The molecule has 0 unspecified atom stereocenters. The van der Waals surface area contributed by atoms with Gasteiger partial charge in [0, 0.05) is 22.3 Å². The summed E-state index contributed by atoms with van der Waals surface area (Å²) in [5.41, 5.74) is 0.777. The first-order chi connectivity index (χ1) is 11.9. The molecule has 0 bridgehead atoms. The highest BCUT2D eigenvalue weighted by atomic mass is 35.5. The standard InChI is InChI=1S/C17H10Cl2N2O4/c18-11-2-4-12(5-3-11)20-17(22)16-8-7-15(25-16)10-1-6-13(19)14(9-10)21(23)24/h1-9H,(H,20,22). The fourth-order valence-electron chi connectivity index (χ4n) is 2.15. The van der Waals surface area contributed by atoms with Crippen LogP contribution in [0.25, 0.3) is 11.3 Å². The molecule has 1 aromatic heterocycles. The number of carbonyl (C=O) groups is 1. The van der Waals surface area contributed by atoms with E-state index in [1.54, 1.807) is 36.4 Å². The molecule has 3 rings (SSSR count). The largest absolute Gasteiger partial charge is 0.451 e. The maximum absolute atomic E-state index is 12.2. The molecule has 8 heteroatoms. The molecule has 3 aromatic rings. The van der Waals surface area contributed by atoms with Crippen molar-refractivity contribution in [3.8, 4) is 11.3 Å². The second-order valence-corrected chi connectivity index (χ2v) is 5.89. The van der Waals surface area contributed by atoms with Gasteiger partial charge in [0.25, 0.3) is 11.6 Å². The molecule has 0 saturated heterocycles. The van der Waals surface area contributed by atoms with Crippen LogP contribution in [0.5, 0.6) is 0 Å². The highest BCUT2D eigenvalue weighted by Crippen LogP contribution is 2.31. The third kappa shape index (κ3) is 3.81. The molecular weight excluding hydrogens is 367 g/mol. The molecule has 2 aromatic carbocycles. The van der Waals surface area contributed by atoms with Gasteiger partial charge in [0.2, 0.25) is 0 Å². The minimum absolute atomic E-state index is 0.0287. The zero-order chi connectivity index (χ0) is 18.0. The number of hydrogen-bond donors (Lipinski definition) is 1. The minimum Gasteiger partial charge on any atom is -0.451 e. The van der Waals surface area contributed by atoms with Gasteiger partial charge in [0.1, 0.15) is 10.8 Å². The number of rotatable bonds is 4. The van der Waals surface area contributed by atoms with E-state index in [0.29, 0.717) is 22.0 Å². The molecule has 0 fully saturated rings. The highest BCUT2D eigenvalue weighted by Gasteiger charge is 2.17. The van der Waals surface area contributed by atoms with E-state index in [-0.39, 0.29) is 16.5 Å². The van der Waals surface area contributed by atoms with Crippen LogP contribution in [0.4, 0.5) is 11.4 Å². The predicted molar refractivity (Wildman–Crippen MR) is 95.2 cm³/mol. The van der Waals surface area contributed by atoms with Crippen molar-refractivity contribution in [2.24, 2.45) is 0 Å². The Labute approximate surface area is 152 Å². The molecule has 1 heterocycles. The third-order valence-corrected chi connectivity index (χ3v) is 3.93. The van der Waals surface area contributed by atoms with Crippen LogP contribution in [0.3, 0.4) is 0 Å². The van der Waals surface area contributed by atoms with Gasteiger partial charge in [0.15, 0.2) is 5.76 Å². The van der Waals surface area contributed by atoms with E-state index in [2.05, 4.69) is 5.32 Å². The van der Waals surface area contributed by atoms with E-state index < -0.39 is 10.8 Å². The van der Waals surface area contributed by atoms with Crippen molar-refractivity contribution in [1.29, 1.82) is 0 Å². The van der Waals surface area contributed by atoms with Crippen LogP contribution in [0.15, 0.2) is 59.0 Å². The summed E-state index contributed by atoms with van der Waals surface area (Å²) in [6.07, 6.45) is 0. The summed E-state index contributed by atoms with van der Waals surface area (Å²) in [5, 5.41) is 14.2. The Kier molecular flexibility index (Phi) is 4.74. The molecule has 0 saturated carbocycles. The van der Waals surface area contributed by atoms with E-state index in [4.69, 9.17) is 27.6 Å². The smallest absolute Gasteiger partial charge is 0.291 e. The molecule has 0 atom stereocenters. The fraction of sp³-hybridized carbons (Fsp3) is 0. The third-order valence-electron chi connectivity index (χ3n) is 3.36. The van der Waals surface area contributed by atoms with Crippen molar-refractivity contribution in [2.45, 2.75) is 0 Å². The first-order valence-corrected chi connectivity index (χ1v) is 7.81. The first-order valence-electron chi connectivity index (χ1n) is 7.05. The average Bonchev–Trinajstić information content (AvgIpc) is 3.07. The van der Waals surface area contributed by atoms with E-state index in [0.717, 1.165) is 0 Å². The normalized spacial score (nSPS) is 10.5. The lowest BCUT2D eigenvalue weighted by atomic mass is 10.1. The molecule has 126 valence electrons. The monoisotopic (exact) mass is 376 g/mol.